The van der Waals surface area contributed by atoms with Crippen molar-refractivity contribution in [3.05, 3.63) is 16.5 Å². The van der Waals surface area contributed by atoms with Crippen LogP contribution in [0.1, 0.15) is 10.4 Å². The smallest absolute Gasteiger partial charge is 0.390 e. The summed E-state index contributed by atoms with van der Waals surface area (Å²) in [5.74, 6) is 0. The highest BCUT2D eigenvalue weighted by Crippen LogP contribution is 2.37. The number of hydrogen-bond acceptors (Lipinski definition) is 2. The Hall–Kier alpha value is -0.710. The summed E-state index contributed by atoms with van der Waals surface area (Å²) in [6.45, 7) is 1.56. The fraction of sp³-hybridized carbons (Fsp3) is 0.333. The lowest BCUT2D eigenvalue weighted by Crippen LogP contribution is -2.00. The van der Waals surface area contributed by atoms with E-state index in [1.165, 1.54) is 0 Å². The molecule has 2 N–H and O–H groups in total. The molecule has 0 saturated heterocycles. The molecule has 1 nitrogen and oxygen atoms in total. The lowest BCUT2D eigenvalue weighted by atomic mass is 10.3. The predicted molar refractivity (Wildman–Crippen MR) is 38.5 cm³/mol. The number of halogens is 3. The van der Waals surface area contributed by atoms with Crippen LogP contribution in [0, 0.1) is 6.92 Å². The summed E-state index contributed by atoms with van der Waals surface area (Å²) in [7, 11) is 0. The van der Waals surface area contributed by atoms with Gasteiger partial charge >= 0.3 is 6.18 Å². The predicted octanol–water partition coefficient (Wildman–Crippen LogP) is 2.66. The Kier molecular flexibility index (Phi) is 1.83. The van der Waals surface area contributed by atoms with Gasteiger partial charge in [0.15, 0.2) is 0 Å². The van der Waals surface area contributed by atoms with Gasteiger partial charge < -0.3 is 5.73 Å². The van der Waals surface area contributed by atoms with Crippen molar-refractivity contribution in [3.8, 4) is 0 Å². The van der Waals surface area contributed by atoms with Crippen molar-refractivity contribution < 1.29 is 13.2 Å². The highest BCUT2D eigenvalue weighted by Gasteiger charge is 2.32. The second-order valence-corrected chi connectivity index (χ2v) is 3.24. The van der Waals surface area contributed by atoms with Crippen molar-refractivity contribution in [3.63, 3.8) is 0 Å². The number of nitrogen functional groups attached to an aromatic ring is 1. The second-order valence-electron chi connectivity index (χ2n) is 2.16. The number of nitrogens with two attached hydrogens (primary N) is 1. The van der Waals surface area contributed by atoms with E-state index in [-0.39, 0.29) is 5.00 Å². The summed E-state index contributed by atoms with van der Waals surface area (Å²) in [4.78, 5) is -0.632. The summed E-state index contributed by atoms with van der Waals surface area (Å²) < 4.78 is 35.8. The number of aryl methyl sites for hydroxylation is 1. The van der Waals surface area contributed by atoms with E-state index < -0.39 is 11.1 Å². The Balaban J connectivity index is 3.08. The molecule has 62 valence electrons. The zero-order chi connectivity index (χ0) is 8.65. The van der Waals surface area contributed by atoms with Gasteiger partial charge in [0, 0.05) is 0 Å². The zero-order valence-corrected chi connectivity index (χ0v) is 6.51. The first-order valence-electron chi connectivity index (χ1n) is 2.84. The first kappa shape index (κ1) is 8.39. The largest absolute Gasteiger partial charge is 0.425 e. The van der Waals surface area contributed by atoms with Crippen LogP contribution < -0.4 is 5.73 Å². The van der Waals surface area contributed by atoms with Crippen LogP contribution in [-0.4, -0.2) is 0 Å². The monoisotopic (exact) mass is 181 g/mol. The Morgan fingerprint density at radius 2 is 2.00 bits per heavy atom. The molecule has 1 aromatic rings. The maximum absolute atomic E-state index is 11.9. The number of alkyl halides is 3. The fourth-order valence-electron chi connectivity index (χ4n) is 0.636. The van der Waals surface area contributed by atoms with E-state index in [0.29, 0.717) is 16.9 Å². The number of anilines is 1. The van der Waals surface area contributed by atoms with Crippen LogP contribution in [0.5, 0.6) is 0 Å². The van der Waals surface area contributed by atoms with E-state index in [4.69, 9.17) is 5.73 Å². The van der Waals surface area contributed by atoms with Gasteiger partial charge in [0.1, 0.15) is 4.88 Å². The van der Waals surface area contributed by atoms with E-state index >= 15 is 0 Å². The third-order valence-corrected chi connectivity index (χ3v) is 2.35. The third kappa shape index (κ3) is 1.65. The molecule has 1 rings (SSSR count). The van der Waals surface area contributed by atoms with Gasteiger partial charge in [0.2, 0.25) is 0 Å². The minimum Gasteiger partial charge on any atom is -0.390 e. The van der Waals surface area contributed by atoms with Crippen LogP contribution in [0.25, 0.3) is 0 Å². The lowest BCUT2D eigenvalue weighted by Gasteiger charge is -1.99. The van der Waals surface area contributed by atoms with E-state index in [0.717, 1.165) is 6.07 Å². The average Bonchev–Trinajstić information content (AvgIpc) is 2.11. The molecular formula is C6H6F3NS. The molecule has 0 saturated carbocycles. The molecule has 0 amide bonds. The average molecular weight is 181 g/mol. The Morgan fingerprint density at radius 1 is 1.45 bits per heavy atom. The maximum Gasteiger partial charge on any atom is 0.425 e. The highest BCUT2D eigenvalue weighted by atomic mass is 32.1. The zero-order valence-electron chi connectivity index (χ0n) is 5.70. The molecule has 0 bridgehead atoms. The first-order chi connectivity index (χ1) is 4.91. The fourth-order valence-corrected chi connectivity index (χ4v) is 1.44. The Morgan fingerprint density at radius 3 is 2.18 bits per heavy atom. The summed E-state index contributed by atoms with van der Waals surface area (Å²) in [6, 6.07) is 1.06. The van der Waals surface area contributed by atoms with Gasteiger partial charge in [-0.1, -0.05) is 0 Å². The van der Waals surface area contributed by atoms with E-state index in [2.05, 4.69) is 0 Å². The van der Waals surface area contributed by atoms with Crippen LogP contribution in [0.4, 0.5) is 18.2 Å². The molecule has 0 aliphatic carbocycles. The molecule has 0 spiro atoms. The van der Waals surface area contributed by atoms with Crippen LogP contribution in [-0.2, 0) is 6.18 Å². The van der Waals surface area contributed by atoms with E-state index in [9.17, 15) is 13.2 Å². The first-order valence-corrected chi connectivity index (χ1v) is 3.66. The van der Waals surface area contributed by atoms with Gasteiger partial charge in [-0.2, -0.15) is 13.2 Å². The Labute approximate surface area is 65.6 Å². The van der Waals surface area contributed by atoms with E-state index in [1.54, 1.807) is 6.92 Å². The summed E-state index contributed by atoms with van der Waals surface area (Å²) in [5.41, 5.74) is 5.74. The number of hydrogen-bond donors (Lipinski definition) is 1. The molecule has 0 fully saturated rings. The van der Waals surface area contributed by atoms with Crippen molar-refractivity contribution in [2.75, 3.05) is 5.73 Å². The summed E-state index contributed by atoms with van der Waals surface area (Å²) in [5, 5.41) is 0.234. The molecule has 5 heteroatoms. The molecule has 11 heavy (non-hydrogen) atoms. The van der Waals surface area contributed by atoms with Crippen LogP contribution >= 0.6 is 11.3 Å². The third-order valence-electron chi connectivity index (χ3n) is 1.24. The minimum absolute atomic E-state index is 0.234. The molecule has 1 aromatic heterocycles. The van der Waals surface area contributed by atoms with Gasteiger partial charge in [0.05, 0.1) is 5.00 Å². The second kappa shape index (κ2) is 2.41. The standard InChI is InChI=1S/C6H6F3NS/c1-3-2-4(6(7,8)9)11-5(3)10/h2H,10H2,1H3. The van der Waals surface area contributed by atoms with Crippen molar-refractivity contribution in [1.82, 2.24) is 0 Å². The molecule has 1 heterocycles. The highest BCUT2D eigenvalue weighted by molar-refractivity contribution is 7.16. The SMILES string of the molecule is Cc1cc(C(F)(F)F)sc1N. The van der Waals surface area contributed by atoms with Gasteiger partial charge in [-0.25, -0.2) is 0 Å². The van der Waals surface area contributed by atoms with Crippen molar-refractivity contribution in [2.24, 2.45) is 0 Å². The van der Waals surface area contributed by atoms with Crippen molar-refractivity contribution in [2.45, 2.75) is 13.1 Å². The van der Waals surface area contributed by atoms with Gasteiger partial charge in [0.25, 0.3) is 0 Å². The molecule has 0 aromatic carbocycles. The van der Waals surface area contributed by atoms with Crippen molar-refractivity contribution in [1.29, 1.82) is 0 Å². The lowest BCUT2D eigenvalue weighted by molar-refractivity contribution is -0.134. The van der Waals surface area contributed by atoms with E-state index in [1.807, 2.05) is 0 Å². The number of rotatable bonds is 0. The molecular weight excluding hydrogens is 175 g/mol. The summed E-state index contributed by atoms with van der Waals surface area (Å²) >= 11 is 0.574. The molecule has 0 aliphatic rings. The Bertz CT molecular complexity index is 244. The van der Waals surface area contributed by atoms with Crippen LogP contribution in [0.3, 0.4) is 0 Å². The maximum atomic E-state index is 11.9. The van der Waals surface area contributed by atoms with Crippen LogP contribution in [0.15, 0.2) is 6.07 Å². The molecule has 0 atom stereocenters. The van der Waals surface area contributed by atoms with Gasteiger partial charge in [-0.15, -0.1) is 11.3 Å². The van der Waals surface area contributed by atoms with Crippen molar-refractivity contribution >= 4 is 16.3 Å². The molecule has 0 unspecified atom stereocenters. The molecule has 0 radical (unpaired) electrons. The minimum atomic E-state index is -4.26. The molecule has 0 aliphatic heterocycles. The quantitative estimate of drug-likeness (QED) is 0.654. The van der Waals surface area contributed by atoms with Gasteiger partial charge in [-0.05, 0) is 18.6 Å². The normalized spacial score (nSPS) is 12.0. The van der Waals surface area contributed by atoms with Crippen LogP contribution in [0.2, 0.25) is 0 Å². The number of thiophene rings is 1. The van der Waals surface area contributed by atoms with Gasteiger partial charge in [-0.3, -0.25) is 0 Å². The topological polar surface area (TPSA) is 26.0 Å². The summed E-state index contributed by atoms with van der Waals surface area (Å²) in [6.07, 6.45) is -4.26.